The van der Waals surface area contributed by atoms with Crippen molar-refractivity contribution in [3.8, 4) is 0 Å². The van der Waals surface area contributed by atoms with Crippen LogP contribution in [-0.4, -0.2) is 59.6 Å². The lowest BCUT2D eigenvalue weighted by molar-refractivity contribution is -0.122. The topological polar surface area (TPSA) is 68.5 Å². The molecule has 1 atom stereocenters. The minimum Gasteiger partial charge on any atom is -0.377 e. The molecule has 0 amide bonds. The van der Waals surface area contributed by atoms with Gasteiger partial charge in [0.15, 0.2) is 11.6 Å². The second-order valence-electron chi connectivity index (χ2n) is 4.27. The summed E-state index contributed by atoms with van der Waals surface area (Å²) in [6, 6.07) is 0.179. The van der Waals surface area contributed by atoms with Crippen molar-refractivity contribution in [3.63, 3.8) is 0 Å². The number of carbonyl (C=O) groups excluding carboxylic acids is 1. The van der Waals surface area contributed by atoms with E-state index in [0.29, 0.717) is 11.7 Å². The van der Waals surface area contributed by atoms with E-state index in [-0.39, 0.29) is 24.9 Å². The summed E-state index contributed by atoms with van der Waals surface area (Å²) in [6.07, 6.45) is 0.143. The van der Waals surface area contributed by atoms with Gasteiger partial charge in [0, 0.05) is 25.2 Å². The first-order valence-electron chi connectivity index (χ1n) is 5.82. The fourth-order valence-electron chi connectivity index (χ4n) is 1.81. The Morgan fingerprint density at radius 1 is 1.67 bits per heavy atom. The minimum atomic E-state index is -0.0564. The summed E-state index contributed by atoms with van der Waals surface area (Å²) in [6.45, 7) is 1.10. The van der Waals surface area contributed by atoms with Crippen LogP contribution in [0.4, 0.5) is 0 Å². The molecule has 0 bridgehead atoms. The predicted molar refractivity (Wildman–Crippen MR) is 67.6 cm³/mol. The van der Waals surface area contributed by atoms with Crippen molar-refractivity contribution in [1.29, 1.82) is 0 Å². The number of methoxy groups -OCH3 is 1. The van der Waals surface area contributed by atoms with Crippen LogP contribution in [0.5, 0.6) is 0 Å². The summed E-state index contributed by atoms with van der Waals surface area (Å²) in [5, 5.41) is 3.97. The molecule has 6 nitrogen and oxygen atoms in total. The molecule has 1 fully saturated rings. The zero-order valence-electron chi connectivity index (χ0n) is 10.6. The third-order valence-electron chi connectivity index (χ3n) is 2.83. The predicted octanol–water partition coefficient (Wildman–Crippen LogP) is 0.547. The van der Waals surface area contributed by atoms with Gasteiger partial charge < -0.3 is 9.26 Å². The number of thioether (sulfide) groups is 1. The fraction of sp³-hybridized carbons (Fsp3) is 0.727. The lowest BCUT2D eigenvalue weighted by atomic mass is 10.2. The summed E-state index contributed by atoms with van der Waals surface area (Å²) < 4.78 is 9.87. The highest BCUT2D eigenvalue weighted by molar-refractivity contribution is 7.99. The molecule has 1 aliphatic rings. The molecule has 100 valence electrons. The van der Waals surface area contributed by atoms with Gasteiger partial charge in [-0.1, -0.05) is 5.16 Å². The van der Waals surface area contributed by atoms with Gasteiger partial charge in [-0.3, -0.25) is 9.69 Å². The Balaban J connectivity index is 1.98. The van der Waals surface area contributed by atoms with E-state index in [1.54, 1.807) is 0 Å². The highest BCUT2D eigenvalue weighted by Crippen LogP contribution is 2.26. The van der Waals surface area contributed by atoms with Gasteiger partial charge in [0.25, 0.3) is 0 Å². The van der Waals surface area contributed by atoms with Gasteiger partial charge >= 0.3 is 0 Å². The number of hydrogen-bond acceptors (Lipinski definition) is 7. The maximum atomic E-state index is 11.4. The maximum Gasteiger partial charge on any atom is 0.234 e. The first-order valence-corrected chi connectivity index (χ1v) is 6.97. The van der Waals surface area contributed by atoms with E-state index in [9.17, 15) is 4.79 Å². The molecule has 0 aromatic carbocycles. The third-order valence-corrected chi connectivity index (χ3v) is 3.85. The Hall–Kier alpha value is -0.920. The first kappa shape index (κ1) is 13.5. The van der Waals surface area contributed by atoms with E-state index < -0.39 is 0 Å². The SMILES string of the molecule is COCC(=O)Cc1nc(C2CSCCN2C)no1. The first-order chi connectivity index (χ1) is 8.70. The molecule has 1 unspecified atom stereocenters. The molecule has 2 rings (SSSR count). The van der Waals surface area contributed by atoms with Crippen LogP contribution in [-0.2, 0) is 16.0 Å². The van der Waals surface area contributed by atoms with Crippen LogP contribution >= 0.6 is 11.8 Å². The molecule has 18 heavy (non-hydrogen) atoms. The molecule has 1 aromatic rings. The Bertz CT molecular complexity index is 410. The van der Waals surface area contributed by atoms with Gasteiger partial charge in [-0.05, 0) is 7.05 Å². The lowest BCUT2D eigenvalue weighted by Crippen LogP contribution is -2.33. The summed E-state index contributed by atoms with van der Waals surface area (Å²) in [5.41, 5.74) is 0. The van der Waals surface area contributed by atoms with E-state index in [4.69, 9.17) is 9.26 Å². The van der Waals surface area contributed by atoms with E-state index >= 15 is 0 Å². The Kier molecular flexibility index (Phi) is 4.73. The molecule has 0 spiro atoms. The highest BCUT2D eigenvalue weighted by Gasteiger charge is 2.26. The smallest absolute Gasteiger partial charge is 0.234 e. The molecule has 0 radical (unpaired) electrons. The number of aromatic nitrogens is 2. The number of carbonyl (C=O) groups is 1. The normalized spacial score (nSPS) is 21.1. The standard InChI is InChI=1S/C11H17N3O3S/c1-14-3-4-18-7-9(14)11-12-10(17-13-11)5-8(15)6-16-2/h9H,3-7H2,1-2H3. The lowest BCUT2D eigenvalue weighted by Gasteiger charge is -2.29. The van der Waals surface area contributed by atoms with Gasteiger partial charge in [0.2, 0.25) is 5.89 Å². The van der Waals surface area contributed by atoms with Crippen molar-refractivity contribution in [2.24, 2.45) is 0 Å². The van der Waals surface area contributed by atoms with E-state index in [1.807, 2.05) is 11.8 Å². The average Bonchev–Trinajstić information content (AvgIpc) is 2.78. The Morgan fingerprint density at radius 3 is 3.22 bits per heavy atom. The maximum absolute atomic E-state index is 11.4. The number of hydrogen-bond donors (Lipinski definition) is 0. The average molecular weight is 271 g/mol. The molecular formula is C11H17N3O3S. The molecule has 7 heteroatoms. The molecule has 0 saturated carbocycles. The molecule has 1 aromatic heterocycles. The van der Waals surface area contributed by atoms with Crippen LogP contribution in [0, 0.1) is 0 Å². The zero-order valence-corrected chi connectivity index (χ0v) is 11.4. The van der Waals surface area contributed by atoms with Crippen molar-refractivity contribution in [2.75, 3.05) is 38.8 Å². The van der Waals surface area contributed by atoms with Crippen molar-refractivity contribution >= 4 is 17.5 Å². The van der Waals surface area contributed by atoms with Crippen molar-refractivity contribution in [2.45, 2.75) is 12.5 Å². The zero-order chi connectivity index (χ0) is 13.0. The van der Waals surface area contributed by atoms with E-state index in [0.717, 1.165) is 18.1 Å². The summed E-state index contributed by atoms with van der Waals surface area (Å²) in [5.74, 6) is 3.07. The van der Waals surface area contributed by atoms with Crippen LogP contribution in [0.25, 0.3) is 0 Å². The Morgan fingerprint density at radius 2 is 2.50 bits per heavy atom. The minimum absolute atomic E-state index is 0.0564. The number of Topliss-reactive ketones (excluding diaryl/α,β-unsaturated/α-hetero) is 1. The number of rotatable bonds is 5. The largest absolute Gasteiger partial charge is 0.377 e. The molecule has 1 saturated heterocycles. The molecule has 1 aliphatic heterocycles. The molecule has 0 aliphatic carbocycles. The van der Waals surface area contributed by atoms with Gasteiger partial charge in [0.1, 0.15) is 6.61 Å². The van der Waals surface area contributed by atoms with Gasteiger partial charge in [-0.2, -0.15) is 16.7 Å². The quantitative estimate of drug-likeness (QED) is 0.774. The third kappa shape index (κ3) is 3.30. The van der Waals surface area contributed by atoms with Crippen LogP contribution in [0.1, 0.15) is 17.8 Å². The highest BCUT2D eigenvalue weighted by atomic mass is 32.2. The van der Waals surface area contributed by atoms with E-state index in [1.165, 1.54) is 7.11 Å². The second-order valence-corrected chi connectivity index (χ2v) is 5.42. The molecular weight excluding hydrogens is 254 g/mol. The summed E-state index contributed by atoms with van der Waals surface area (Å²) in [4.78, 5) is 17.9. The number of nitrogens with zero attached hydrogens (tertiary/aromatic N) is 3. The van der Waals surface area contributed by atoms with Crippen LogP contribution in [0.15, 0.2) is 4.52 Å². The van der Waals surface area contributed by atoms with Gasteiger partial charge in [-0.25, -0.2) is 0 Å². The summed E-state index contributed by atoms with van der Waals surface area (Å²) in [7, 11) is 3.54. The van der Waals surface area contributed by atoms with Crippen LogP contribution in [0.2, 0.25) is 0 Å². The van der Waals surface area contributed by atoms with Gasteiger partial charge in [0.05, 0.1) is 12.5 Å². The van der Waals surface area contributed by atoms with E-state index in [2.05, 4.69) is 22.1 Å². The summed E-state index contributed by atoms with van der Waals surface area (Å²) >= 11 is 1.88. The molecule has 0 N–H and O–H groups in total. The van der Waals surface area contributed by atoms with Crippen LogP contribution < -0.4 is 0 Å². The fourth-order valence-corrected chi connectivity index (χ4v) is 3.02. The van der Waals surface area contributed by atoms with Crippen molar-refractivity contribution in [3.05, 3.63) is 11.7 Å². The second kappa shape index (κ2) is 6.31. The van der Waals surface area contributed by atoms with Crippen molar-refractivity contribution < 1.29 is 14.1 Å². The molecule has 2 heterocycles. The van der Waals surface area contributed by atoms with Crippen LogP contribution in [0.3, 0.4) is 0 Å². The van der Waals surface area contributed by atoms with Gasteiger partial charge in [-0.15, -0.1) is 0 Å². The Labute approximate surface area is 110 Å². The number of ether oxygens (including phenoxy) is 1. The monoisotopic (exact) mass is 271 g/mol. The number of ketones is 1. The van der Waals surface area contributed by atoms with Crippen molar-refractivity contribution in [1.82, 2.24) is 15.0 Å².